The van der Waals surface area contributed by atoms with Crippen molar-refractivity contribution in [2.24, 2.45) is 5.73 Å². The smallest absolute Gasteiger partial charge is 0.106 e. The normalized spacial score (nSPS) is 12.2. The number of nitrogens with two attached hydrogens (primary N) is 1. The second kappa shape index (κ2) is 8.56. The zero-order valence-electron chi connectivity index (χ0n) is 12.1. The summed E-state index contributed by atoms with van der Waals surface area (Å²) in [7, 11) is 3.38. The van der Waals surface area contributed by atoms with Crippen molar-refractivity contribution in [2.75, 3.05) is 38.9 Å². The Balaban J connectivity index is 3.16. The molecule has 1 rings (SSSR count). The summed E-state index contributed by atoms with van der Waals surface area (Å²) in [6, 6.07) is 6.09. The summed E-state index contributed by atoms with van der Waals surface area (Å²) in [4.78, 5) is 2.59. The van der Waals surface area contributed by atoms with Crippen LogP contribution in [0.5, 0.6) is 0 Å². The Bertz CT molecular complexity index is 457. The van der Waals surface area contributed by atoms with Crippen LogP contribution >= 0.6 is 28.1 Å². The van der Waals surface area contributed by atoms with E-state index in [9.17, 15) is 0 Å². The largest absolute Gasteiger partial charge is 0.389 e. The van der Waals surface area contributed by atoms with Crippen molar-refractivity contribution >= 4 is 38.8 Å². The lowest BCUT2D eigenvalue weighted by Crippen LogP contribution is -2.39. The van der Waals surface area contributed by atoms with Gasteiger partial charge in [-0.3, -0.25) is 0 Å². The number of halogens is 1. The highest BCUT2D eigenvalue weighted by Crippen LogP contribution is 2.27. The lowest BCUT2D eigenvalue weighted by Gasteiger charge is -2.32. The van der Waals surface area contributed by atoms with Gasteiger partial charge in [0.05, 0.1) is 13.2 Å². The summed E-state index contributed by atoms with van der Waals surface area (Å²) in [5, 5.41) is 0. The van der Waals surface area contributed by atoms with E-state index in [1.807, 2.05) is 18.2 Å². The summed E-state index contributed by atoms with van der Waals surface area (Å²) in [5.41, 5.74) is 7.69. The van der Waals surface area contributed by atoms with Gasteiger partial charge in [-0.2, -0.15) is 0 Å². The predicted octanol–water partition coefficient (Wildman–Crippen LogP) is 2.57. The molecule has 0 bridgehead atoms. The van der Waals surface area contributed by atoms with Crippen molar-refractivity contribution < 1.29 is 9.47 Å². The zero-order valence-corrected chi connectivity index (χ0v) is 14.5. The fourth-order valence-corrected chi connectivity index (χ4v) is 2.57. The summed E-state index contributed by atoms with van der Waals surface area (Å²) < 4.78 is 11.4. The molecule has 6 heteroatoms. The molecule has 0 amide bonds. The van der Waals surface area contributed by atoms with E-state index in [2.05, 4.69) is 27.8 Å². The van der Waals surface area contributed by atoms with Crippen LogP contribution < -0.4 is 10.6 Å². The SMILES string of the molecule is COCCN(c1cc(Br)ccc1C(N)=S)C(C)COC. The molecule has 1 atom stereocenters. The van der Waals surface area contributed by atoms with Crippen LogP contribution in [0.3, 0.4) is 0 Å². The van der Waals surface area contributed by atoms with Gasteiger partial charge in [0.25, 0.3) is 0 Å². The van der Waals surface area contributed by atoms with E-state index >= 15 is 0 Å². The van der Waals surface area contributed by atoms with Gasteiger partial charge in [-0.1, -0.05) is 28.1 Å². The molecule has 0 saturated heterocycles. The Morgan fingerprint density at radius 1 is 1.40 bits per heavy atom. The molecule has 1 aromatic rings. The lowest BCUT2D eigenvalue weighted by atomic mass is 10.1. The predicted molar refractivity (Wildman–Crippen MR) is 90.6 cm³/mol. The van der Waals surface area contributed by atoms with Crippen molar-refractivity contribution in [1.29, 1.82) is 0 Å². The van der Waals surface area contributed by atoms with Gasteiger partial charge < -0.3 is 20.1 Å². The van der Waals surface area contributed by atoms with Gasteiger partial charge in [-0.25, -0.2) is 0 Å². The molecule has 2 N–H and O–H groups in total. The number of hydrogen-bond donors (Lipinski definition) is 1. The number of benzene rings is 1. The summed E-state index contributed by atoms with van der Waals surface area (Å²) >= 11 is 8.65. The molecule has 0 heterocycles. The van der Waals surface area contributed by atoms with Crippen LogP contribution in [0.25, 0.3) is 0 Å². The molecule has 112 valence electrons. The highest BCUT2D eigenvalue weighted by atomic mass is 79.9. The van der Waals surface area contributed by atoms with Gasteiger partial charge in [0.2, 0.25) is 0 Å². The molecular formula is C14H21BrN2O2S. The number of anilines is 1. The van der Waals surface area contributed by atoms with Crippen molar-refractivity contribution in [3.8, 4) is 0 Å². The molecule has 0 saturated carbocycles. The Morgan fingerprint density at radius 2 is 2.10 bits per heavy atom. The molecule has 0 radical (unpaired) electrons. The Labute approximate surface area is 134 Å². The van der Waals surface area contributed by atoms with Gasteiger partial charge in [-0.05, 0) is 25.1 Å². The number of ether oxygens (including phenoxy) is 2. The van der Waals surface area contributed by atoms with Crippen LogP contribution in [0.4, 0.5) is 5.69 Å². The first-order valence-electron chi connectivity index (χ1n) is 6.35. The van der Waals surface area contributed by atoms with Crippen molar-refractivity contribution in [2.45, 2.75) is 13.0 Å². The van der Waals surface area contributed by atoms with Crippen LogP contribution in [-0.2, 0) is 9.47 Å². The van der Waals surface area contributed by atoms with E-state index in [0.29, 0.717) is 18.2 Å². The number of rotatable bonds is 8. The highest BCUT2D eigenvalue weighted by Gasteiger charge is 2.19. The molecule has 0 aromatic heterocycles. The third-order valence-electron chi connectivity index (χ3n) is 3.01. The van der Waals surface area contributed by atoms with E-state index in [-0.39, 0.29) is 6.04 Å². The molecule has 0 spiro atoms. The maximum atomic E-state index is 5.83. The maximum Gasteiger partial charge on any atom is 0.106 e. The van der Waals surface area contributed by atoms with E-state index in [1.165, 1.54) is 0 Å². The Hall–Kier alpha value is -0.690. The van der Waals surface area contributed by atoms with Crippen molar-refractivity contribution in [3.63, 3.8) is 0 Å². The molecule has 1 aromatic carbocycles. The standard InChI is InChI=1S/C14H21BrN2O2S/c1-10(9-19-3)17(6-7-18-2)13-8-11(15)4-5-12(13)14(16)20/h4-5,8,10H,6-7,9H2,1-3H3,(H2,16,20). The highest BCUT2D eigenvalue weighted by molar-refractivity contribution is 9.10. The first kappa shape index (κ1) is 17.4. The minimum absolute atomic E-state index is 0.192. The maximum absolute atomic E-state index is 5.83. The first-order valence-corrected chi connectivity index (χ1v) is 7.55. The van der Waals surface area contributed by atoms with Gasteiger partial charge in [-0.15, -0.1) is 0 Å². The van der Waals surface area contributed by atoms with E-state index < -0.39 is 0 Å². The van der Waals surface area contributed by atoms with Crippen LogP contribution in [0.2, 0.25) is 0 Å². The van der Waals surface area contributed by atoms with E-state index in [1.54, 1.807) is 14.2 Å². The van der Waals surface area contributed by atoms with E-state index in [0.717, 1.165) is 22.3 Å². The monoisotopic (exact) mass is 360 g/mol. The summed E-state index contributed by atoms with van der Waals surface area (Å²) in [5.74, 6) is 0. The second-order valence-electron chi connectivity index (χ2n) is 4.52. The average molecular weight is 361 g/mol. The topological polar surface area (TPSA) is 47.7 Å². The molecule has 0 aliphatic heterocycles. The van der Waals surface area contributed by atoms with Crippen LogP contribution in [-0.4, -0.2) is 45.0 Å². The minimum Gasteiger partial charge on any atom is -0.389 e. The van der Waals surface area contributed by atoms with Gasteiger partial charge in [0, 0.05) is 42.5 Å². The lowest BCUT2D eigenvalue weighted by molar-refractivity contribution is 0.171. The summed E-state index contributed by atoms with van der Waals surface area (Å²) in [6.45, 7) is 4.08. The van der Waals surface area contributed by atoms with Gasteiger partial charge >= 0.3 is 0 Å². The van der Waals surface area contributed by atoms with Crippen molar-refractivity contribution in [1.82, 2.24) is 0 Å². The van der Waals surface area contributed by atoms with Crippen LogP contribution in [0.1, 0.15) is 12.5 Å². The molecule has 1 unspecified atom stereocenters. The van der Waals surface area contributed by atoms with Crippen LogP contribution in [0, 0.1) is 0 Å². The molecule has 0 aliphatic rings. The molecule has 0 fully saturated rings. The third kappa shape index (κ3) is 4.70. The first-order chi connectivity index (χ1) is 9.51. The summed E-state index contributed by atoms with van der Waals surface area (Å²) in [6.07, 6.45) is 0. The quantitative estimate of drug-likeness (QED) is 0.722. The second-order valence-corrected chi connectivity index (χ2v) is 5.87. The Kier molecular flexibility index (Phi) is 7.43. The molecule has 4 nitrogen and oxygen atoms in total. The number of nitrogens with zero attached hydrogens (tertiary/aromatic N) is 1. The fourth-order valence-electron chi connectivity index (χ4n) is 2.05. The number of hydrogen-bond acceptors (Lipinski definition) is 4. The number of thiocarbonyl (C=S) groups is 1. The zero-order chi connectivity index (χ0) is 15.1. The molecule has 0 aliphatic carbocycles. The minimum atomic E-state index is 0.192. The third-order valence-corrected chi connectivity index (χ3v) is 3.72. The van der Waals surface area contributed by atoms with Crippen LogP contribution in [0.15, 0.2) is 22.7 Å². The van der Waals surface area contributed by atoms with Gasteiger partial charge in [0.1, 0.15) is 4.99 Å². The molecule has 20 heavy (non-hydrogen) atoms. The Morgan fingerprint density at radius 3 is 2.65 bits per heavy atom. The average Bonchev–Trinajstić information content (AvgIpc) is 2.39. The molecular weight excluding hydrogens is 340 g/mol. The number of methoxy groups -OCH3 is 2. The van der Waals surface area contributed by atoms with E-state index in [4.69, 9.17) is 27.4 Å². The van der Waals surface area contributed by atoms with Crippen molar-refractivity contribution in [3.05, 3.63) is 28.2 Å². The fraction of sp³-hybridized carbons (Fsp3) is 0.500. The van der Waals surface area contributed by atoms with Gasteiger partial charge in [0.15, 0.2) is 0 Å².